The van der Waals surface area contributed by atoms with Crippen LogP contribution in [0.25, 0.3) is 10.8 Å². The van der Waals surface area contributed by atoms with Crippen molar-refractivity contribution < 1.29 is 4.39 Å². The van der Waals surface area contributed by atoms with Gasteiger partial charge in [0.15, 0.2) is 0 Å². The summed E-state index contributed by atoms with van der Waals surface area (Å²) in [5.41, 5.74) is 6.32. The zero-order valence-corrected chi connectivity index (χ0v) is 7.70. The SMILES string of the molecule is NCCc1nccc2c(F)cccc12. The second kappa shape index (κ2) is 3.72. The van der Waals surface area contributed by atoms with Gasteiger partial charge in [-0.05, 0) is 18.7 Å². The van der Waals surface area contributed by atoms with E-state index in [-0.39, 0.29) is 5.82 Å². The van der Waals surface area contributed by atoms with Crippen LogP contribution in [0.5, 0.6) is 0 Å². The number of nitrogens with zero attached hydrogens (tertiary/aromatic N) is 1. The predicted octanol–water partition coefficient (Wildman–Crippen LogP) is 1.88. The zero-order chi connectivity index (χ0) is 9.97. The van der Waals surface area contributed by atoms with Gasteiger partial charge in [0.1, 0.15) is 5.82 Å². The lowest BCUT2D eigenvalue weighted by atomic mass is 10.1. The van der Waals surface area contributed by atoms with Gasteiger partial charge in [0.25, 0.3) is 0 Å². The molecule has 0 bridgehead atoms. The van der Waals surface area contributed by atoms with Gasteiger partial charge in [0, 0.05) is 29.1 Å². The van der Waals surface area contributed by atoms with Gasteiger partial charge in [-0.3, -0.25) is 4.98 Å². The van der Waals surface area contributed by atoms with Gasteiger partial charge in [-0.25, -0.2) is 4.39 Å². The first kappa shape index (κ1) is 9.09. The van der Waals surface area contributed by atoms with Crippen molar-refractivity contribution in [3.63, 3.8) is 0 Å². The molecule has 0 aliphatic rings. The minimum absolute atomic E-state index is 0.205. The third kappa shape index (κ3) is 1.46. The van der Waals surface area contributed by atoms with Crippen molar-refractivity contribution >= 4 is 10.8 Å². The average molecular weight is 190 g/mol. The highest BCUT2D eigenvalue weighted by molar-refractivity contribution is 5.84. The first-order valence-corrected chi connectivity index (χ1v) is 4.55. The highest BCUT2D eigenvalue weighted by atomic mass is 19.1. The summed E-state index contributed by atoms with van der Waals surface area (Å²) < 4.78 is 13.3. The van der Waals surface area contributed by atoms with Crippen molar-refractivity contribution in [3.8, 4) is 0 Å². The van der Waals surface area contributed by atoms with Gasteiger partial charge in [-0.2, -0.15) is 0 Å². The maximum absolute atomic E-state index is 13.3. The monoisotopic (exact) mass is 190 g/mol. The number of benzene rings is 1. The van der Waals surface area contributed by atoms with Crippen LogP contribution < -0.4 is 5.73 Å². The van der Waals surface area contributed by atoms with E-state index in [1.54, 1.807) is 18.3 Å². The van der Waals surface area contributed by atoms with E-state index in [0.717, 1.165) is 11.1 Å². The average Bonchev–Trinajstić information content (AvgIpc) is 2.20. The Morgan fingerprint density at radius 3 is 2.86 bits per heavy atom. The minimum Gasteiger partial charge on any atom is -0.330 e. The molecular formula is C11H11FN2. The molecule has 14 heavy (non-hydrogen) atoms. The summed E-state index contributed by atoms with van der Waals surface area (Å²) in [5.74, 6) is -0.205. The molecule has 0 amide bonds. The molecule has 0 fully saturated rings. The Hall–Kier alpha value is -1.48. The lowest BCUT2D eigenvalue weighted by Gasteiger charge is -2.04. The van der Waals surface area contributed by atoms with Crippen molar-refractivity contribution in [1.29, 1.82) is 0 Å². The molecule has 0 saturated heterocycles. The van der Waals surface area contributed by atoms with Crippen molar-refractivity contribution in [2.45, 2.75) is 6.42 Å². The molecule has 0 atom stereocenters. The van der Waals surface area contributed by atoms with Gasteiger partial charge in [0.2, 0.25) is 0 Å². The largest absolute Gasteiger partial charge is 0.330 e. The second-order valence-electron chi connectivity index (χ2n) is 3.13. The van der Waals surface area contributed by atoms with E-state index in [1.165, 1.54) is 6.07 Å². The van der Waals surface area contributed by atoms with E-state index < -0.39 is 0 Å². The molecule has 0 spiro atoms. The Kier molecular flexibility index (Phi) is 2.41. The number of pyridine rings is 1. The Morgan fingerprint density at radius 2 is 2.07 bits per heavy atom. The first-order chi connectivity index (χ1) is 6.83. The molecule has 0 radical (unpaired) electrons. The Morgan fingerprint density at radius 1 is 1.21 bits per heavy atom. The van der Waals surface area contributed by atoms with Crippen LogP contribution in [-0.4, -0.2) is 11.5 Å². The number of fused-ring (bicyclic) bond motifs is 1. The molecule has 2 aromatic rings. The molecule has 0 aliphatic heterocycles. The summed E-state index contributed by atoms with van der Waals surface area (Å²) in [6, 6.07) is 6.70. The van der Waals surface area contributed by atoms with Crippen molar-refractivity contribution in [1.82, 2.24) is 4.98 Å². The van der Waals surface area contributed by atoms with Crippen LogP contribution in [0.2, 0.25) is 0 Å². The van der Waals surface area contributed by atoms with Crippen LogP contribution in [0, 0.1) is 5.82 Å². The first-order valence-electron chi connectivity index (χ1n) is 4.55. The van der Waals surface area contributed by atoms with E-state index in [2.05, 4.69) is 4.98 Å². The van der Waals surface area contributed by atoms with Crippen molar-refractivity contribution in [3.05, 3.63) is 42.0 Å². The second-order valence-corrected chi connectivity index (χ2v) is 3.13. The van der Waals surface area contributed by atoms with Gasteiger partial charge < -0.3 is 5.73 Å². The summed E-state index contributed by atoms with van der Waals surface area (Å²) in [5, 5.41) is 1.48. The zero-order valence-electron chi connectivity index (χ0n) is 7.70. The van der Waals surface area contributed by atoms with Crippen LogP contribution in [0.3, 0.4) is 0 Å². The molecule has 2 N–H and O–H groups in total. The fraction of sp³-hybridized carbons (Fsp3) is 0.182. The summed E-state index contributed by atoms with van der Waals surface area (Å²) in [6.07, 6.45) is 2.30. The summed E-state index contributed by atoms with van der Waals surface area (Å²) in [4.78, 5) is 4.19. The fourth-order valence-corrected chi connectivity index (χ4v) is 1.57. The third-order valence-corrected chi connectivity index (χ3v) is 2.22. The van der Waals surface area contributed by atoms with Gasteiger partial charge >= 0.3 is 0 Å². The number of aromatic nitrogens is 1. The van der Waals surface area contributed by atoms with E-state index in [4.69, 9.17) is 5.73 Å². The van der Waals surface area contributed by atoms with E-state index in [1.807, 2.05) is 6.07 Å². The summed E-state index contributed by atoms with van der Waals surface area (Å²) in [7, 11) is 0. The van der Waals surface area contributed by atoms with Crippen LogP contribution >= 0.6 is 0 Å². The third-order valence-electron chi connectivity index (χ3n) is 2.22. The summed E-state index contributed by atoms with van der Waals surface area (Å²) >= 11 is 0. The van der Waals surface area contributed by atoms with Gasteiger partial charge in [0.05, 0.1) is 0 Å². The van der Waals surface area contributed by atoms with Crippen LogP contribution in [-0.2, 0) is 6.42 Å². The van der Waals surface area contributed by atoms with Crippen LogP contribution in [0.1, 0.15) is 5.69 Å². The number of hydrogen-bond donors (Lipinski definition) is 1. The Balaban J connectivity index is 2.68. The van der Waals surface area contributed by atoms with E-state index in [9.17, 15) is 4.39 Å². The van der Waals surface area contributed by atoms with Gasteiger partial charge in [-0.1, -0.05) is 12.1 Å². The van der Waals surface area contributed by atoms with E-state index >= 15 is 0 Å². The van der Waals surface area contributed by atoms with Crippen molar-refractivity contribution in [2.75, 3.05) is 6.54 Å². The molecule has 0 saturated carbocycles. The molecular weight excluding hydrogens is 179 g/mol. The lowest BCUT2D eigenvalue weighted by Crippen LogP contribution is -2.04. The van der Waals surface area contributed by atoms with Gasteiger partial charge in [-0.15, -0.1) is 0 Å². The number of rotatable bonds is 2. The normalized spacial score (nSPS) is 10.7. The number of nitrogens with two attached hydrogens (primary N) is 1. The predicted molar refractivity (Wildman–Crippen MR) is 54.5 cm³/mol. The lowest BCUT2D eigenvalue weighted by molar-refractivity contribution is 0.639. The molecule has 2 nitrogen and oxygen atoms in total. The number of hydrogen-bond acceptors (Lipinski definition) is 2. The van der Waals surface area contributed by atoms with Crippen LogP contribution in [0.4, 0.5) is 4.39 Å². The molecule has 0 aliphatic carbocycles. The molecule has 1 aromatic carbocycles. The molecule has 2 rings (SSSR count). The Bertz CT molecular complexity index is 454. The maximum Gasteiger partial charge on any atom is 0.131 e. The van der Waals surface area contributed by atoms with Crippen molar-refractivity contribution in [2.24, 2.45) is 5.73 Å². The summed E-state index contributed by atoms with van der Waals surface area (Å²) in [6.45, 7) is 0.530. The molecule has 1 heterocycles. The topological polar surface area (TPSA) is 38.9 Å². The maximum atomic E-state index is 13.3. The Labute approximate surface area is 81.6 Å². The smallest absolute Gasteiger partial charge is 0.131 e. The quantitative estimate of drug-likeness (QED) is 0.785. The molecule has 3 heteroatoms. The van der Waals surface area contributed by atoms with E-state index in [0.29, 0.717) is 18.4 Å². The van der Waals surface area contributed by atoms with Crippen LogP contribution in [0.15, 0.2) is 30.5 Å². The minimum atomic E-state index is -0.205. The highest BCUT2D eigenvalue weighted by Crippen LogP contribution is 2.19. The molecule has 0 unspecified atom stereocenters. The number of halogens is 1. The molecule has 72 valence electrons. The fourth-order valence-electron chi connectivity index (χ4n) is 1.57. The highest BCUT2D eigenvalue weighted by Gasteiger charge is 2.04. The standard InChI is InChI=1S/C11H11FN2/c12-10-3-1-2-9-8(10)5-7-14-11(9)4-6-13/h1-3,5,7H,4,6,13H2. The molecule has 1 aromatic heterocycles.